The van der Waals surface area contributed by atoms with Gasteiger partial charge in [0.2, 0.25) is 0 Å². The van der Waals surface area contributed by atoms with Gasteiger partial charge in [-0.05, 0) is 19.4 Å². The van der Waals surface area contributed by atoms with Gasteiger partial charge in [-0.3, -0.25) is 0 Å². The Morgan fingerprint density at radius 1 is 1.43 bits per heavy atom. The van der Waals surface area contributed by atoms with Crippen molar-refractivity contribution in [2.45, 2.75) is 13.8 Å². The van der Waals surface area contributed by atoms with Crippen molar-refractivity contribution in [3.05, 3.63) is 59.7 Å². The topological polar surface area (TPSA) is 12.0 Å². The summed E-state index contributed by atoms with van der Waals surface area (Å²) in [5, 5.41) is 2.89. The predicted octanol–water partition coefficient (Wildman–Crippen LogP) is 3.11. The first-order valence-electron chi connectivity index (χ1n) is 4.49. The fraction of sp³-hybridized carbons (Fsp3) is 0.231. The van der Waals surface area contributed by atoms with E-state index >= 15 is 0 Å². The van der Waals surface area contributed by atoms with Gasteiger partial charge in [-0.2, -0.15) is 0 Å². The Morgan fingerprint density at radius 3 is 2.43 bits per heavy atom. The van der Waals surface area contributed by atoms with E-state index in [1.165, 1.54) is 0 Å². The Hall–Kier alpha value is -1.68. The van der Waals surface area contributed by atoms with Crippen LogP contribution in [0.3, 0.4) is 0 Å². The first-order valence-corrected chi connectivity index (χ1v) is 4.49. The summed E-state index contributed by atoms with van der Waals surface area (Å²) in [4.78, 5) is 0. The molecule has 0 aromatic rings. The number of rotatable bonds is 4. The Balaban J connectivity index is 5.24. The van der Waals surface area contributed by atoms with E-state index in [0.29, 0.717) is 0 Å². The third kappa shape index (κ3) is 3.37. The van der Waals surface area contributed by atoms with Crippen LogP contribution in [0.1, 0.15) is 13.8 Å². The third-order valence-electron chi connectivity index (χ3n) is 1.80. The van der Waals surface area contributed by atoms with Gasteiger partial charge in [-0.25, -0.2) is 0 Å². The molecule has 0 heterocycles. The monoisotopic (exact) mass is 187 g/mol. The number of allylic oxidation sites excluding steroid dienone is 5. The van der Waals surface area contributed by atoms with Crippen molar-refractivity contribution in [2.24, 2.45) is 0 Å². The van der Waals surface area contributed by atoms with Crippen LogP contribution < -0.4 is 5.32 Å². The van der Waals surface area contributed by atoms with Crippen molar-refractivity contribution in [3.63, 3.8) is 0 Å². The zero-order valence-corrected chi connectivity index (χ0v) is 9.15. The van der Waals surface area contributed by atoms with Crippen LogP contribution >= 0.6 is 0 Å². The summed E-state index contributed by atoms with van der Waals surface area (Å²) in [5.41, 5.74) is 8.93. The second-order valence-electron chi connectivity index (χ2n) is 2.70. The zero-order chi connectivity index (χ0) is 11.0. The molecule has 0 saturated heterocycles. The molecule has 74 valence electrons. The highest BCUT2D eigenvalue weighted by atomic mass is 14.8. The van der Waals surface area contributed by atoms with Crippen LogP contribution in [0.2, 0.25) is 0 Å². The van der Waals surface area contributed by atoms with E-state index in [1.54, 1.807) is 12.3 Å². The summed E-state index contributed by atoms with van der Waals surface area (Å²) in [5.74, 6) is 0. The molecule has 1 heteroatoms. The standard InChI is InChI=1S/C13H17N/c1-6-12(7-2)13(8-3)11(4)9-10-14-5/h6-7,10,14H,1,3H2,2,4-5H3/b12-7+. The van der Waals surface area contributed by atoms with Crippen LogP contribution in [0.15, 0.2) is 59.7 Å². The lowest BCUT2D eigenvalue weighted by Gasteiger charge is -2.03. The Labute approximate surface area is 86.5 Å². The molecule has 14 heavy (non-hydrogen) atoms. The van der Waals surface area contributed by atoms with Crippen molar-refractivity contribution in [1.82, 2.24) is 5.32 Å². The average Bonchev–Trinajstić information content (AvgIpc) is 2.22. The molecule has 0 rings (SSSR count). The van der Waals surface area contributed by atoms with Gasteiger partial charge in [0.1, 0.15) is 0 Å². The van der Waals surface area contributed by atoms with E-state index < -0.39 is 0 Å². The molecule has 0 saturated carbocycles. The van der Waals surface area contributed by atoms with Crippen molar-refractivity contribution in [3.8, 4) is 0 Å². The summed E-state index contributed by atoms with van der Waals surface area (Å²) >= 11 is 0. The molecular formula is C13H17N. The minimum Gasteiger partial charge on any atom is -0.388 e. The van der Waals surface area contributed by atoms with Gasteiger partial charge in [0.15, 0.2) is 0 Å². The molecular weight excluding hydrogens is 170 g/mol. The minimum absolute atomic E-state index is 0.939. The van der Waals surface area contributed by atoms with Crippen molar-refractivity contribution >= 4 is 0 Å². The van der Waals surface area contributed by atoms with Gasteiger partial charge in [-0.1, -0.05) is 31.0 Å². The maximum absolute atomic E-state index is 3.74. The van der Waals surface area contributed by atoms with Gasteiger partial charge in [0.25, 0.3) is 0 Å². The number of nitrogens with one attached hydrogen (secondary N) is 1. The van der Waals surface area contributed by atoms with E-state index in [1.807, 2.05) is 27.0 Å². The normalized spacial score (nSPS) is 9.50. The lowest BCUT2D eigenvalue weighted by atomic mass is 10.0. The summed E-state index contributed by atoms with van der Waals surface area (Å²) in [6.07, 6.45) is 5.52. The number of hydrogen-bond acceptors (Lipinski definition) is 1. The fourth-order valence-corrected chi connectivity index (χ4v) is 1.07. The third-order valence-corrected chi connectivity index (χ3v) is 1.80. The molecule has 0 aliphatic rings. The molecule has 0 bridgehead atoms. The molecule has 0 aliphatic heterocycles. The molecule has 0 atom stereocenters. The first kappa shape index (κ1) is 12.3. The largest absolute Gasteiger partial charge is 0.388 e. The van der Waals surface area contributed by atoms with Crippen LogP contribution in [-0.4, -0.2) is 7.05 Å². The molecule has 0 unspecified atom stereocenters. The molecule has 0 amide bonds. The van der Waals surface area contributed by atoms with Crippen molar-refractivity contribution in [2.75, 3.05) is 7.05 Å². The van der Waals surface area contributed by atoms with Crippen LogP contribution in [0.25, 0.3) is 0 Å². The van der Waals surface area contributed by atoms with Gasteiger partial charge >= 0.3 is 0 Å². The van der Waals surface area contributed by atoms with Gasteiger partial charge in [0, 0.05) is 24.4 Å². The van der Waals surface area contributed by atoms with E-state index in [4.69, 9.17) is 0 Å². The summed E-state index contributed by atoms with van der Waals surface area (Å²) < 4.78 is 0. The molecule has 0 fully saturated rings. The summed E-state index contributed by atoms with van der Waals surface area (Å²) in [6.45, 7) is 11.3. The van der Waals surface area contributed by atoms with Crippen LogP contribution in [0.4, 0.5) is 0 Å². The highest BCUT2D eigenvalue weighted by molar-refractivity contribution is 5.49. The Kier molecular flexibility index (Phi) is 5.98. The van der Waals surface area contributed by atoms with E-state index in [0.717, 1.165) is 16.7 Å². The quantitative estimate of drug-likeness (QED) is 0.526. The first-order chi connectivity index (χ1) is 6.71. The SMILES string of the molecule is C=C=C(C(C)=C=CNC)/C(C=C)=C/C. The van der Waals surface area contributed by atoms with Crippen LogP contribution in [0.5, 0.6) is 0 Å². The predicted molar refractivity (Wildman–Crippen MR) is 62.9 cm³/mol. The smallest absolute Gasteiger partial charge is 0.0398 e. The highest BCUT2D eigenvalue weighted by Crippen LogP contribution is 2.17. The maximum atomic E-state index is 3.74. The van der Waals surface area contributed by atoms with Crippen molar-refractivity contribution in [1.29, 1.82) is 0 Å². The molecule has 0 aromatic heterocycles. The highest BCUT2D eigenvalue weighted by Gasteiger charge is 2.00. The minimum atomic E-state index is 0.939. The fourth-order valence-electron chi connectivity index (χ4n) is 1.07. The van der Waals surface area contributed by atoms with Gasteiger partial charge in [0.05, 0.1) is 0 Å². The molecule has 0 aromatic carbocycles. The molecule has 1 N–H and O–H groups in total. The van der Waals surface area contributed by atoms with E-state index in [9.17, 15) is 0 Å². The van der Waals surface area contributed by atoms with Gasteiger partial charge < -0.3 is 5.32 Å². The Morgan fingerprint density at radius 2 is 2.07 bits per heavy atom. The second kappa shape index (κ2) is 6.80. The second-order valence-corrected chi connectivity index (χ2v) is 2.70. The summed E-state index contributed by atoms with van der Waals surface area (Å²) in [7, 11) is 1.83. The lowest BCUT2D eigenvalue weighted by molar-refractivity contribution is 1.10. The van der Waals surface area contributed by atoms with E-state index in [-0.39, 0.29) is 0 Å². The van der Waals surface area contributed by atoms with Crippen LogP contribution in [0, 0.1) is 0 Å². The Bertz CT molecular complexity index is 343. The van der Waals surface area contributed by atoms with E-state index in [2.05, 4.69) is 29.9 Å². The molecule has 0 aliphatic carbocycles. The maximum Gasteiger partial charge on any atom is 0.0398 e. The average molecular weight is 187 g/mol. The zero-order valence-electron chi connectivity index (χ0n) is 9.15. The molecule has 0 spiro atoms. The van der Waals surface area contributed by atoms with Gasteiger partial charge in [-0.15, -0.1) is 5.73 Å². The summed E-state index contributed by atoms with van der Waals surface area (Å²) in [6, 6.07) is 0. The lowest BCUT2D eigenvalue weighted by Crippen LogP contribution is -1.91. The molecule has 0 radical (unpaired) electrons. The molecule has 1 nitrogen and oxygen atoms in total. The number of hydrogen-bond donors (Lipinski definition) is 1. The van der Waals surface area contributed by atoms with Crippen LogP contribution in [-0.2, 0) is 0 Å². The van der Waals surface area contributed by atoms with Crippen molar-refractivity contribution < 1.29 is 0 Å².